The average molecular weight is 255 g/mol. The van der Waals surface area contributed by atoms with Gasteiger partial charge in [0.1, 0.15) is 0 Å². The Labute approximate surface area is 114 Å². The lowest BCUT2D eigenvalue weighted by atomic mass is 10.0. The maximum atomic E-state index is 4.47. The maximum Gasteiger partial charge on any atom is 0.0702 e. The number of pyridine rings is 1. The zero-order valence-corrected chi connectivity index (χ0v) is 11.7. The van der Waals surface area contributed by atoms with E-state index in [0.29, 0.717) is 6.04 Å². The molecule has 0 spiro atoms. The molecule has 0 amide bonds. The van der Waals surface area contributed by atoms with E-state index in [1.165, 1.54) is 16.5 Å². The first-order valence-electron chi connectivity index (χ1n) is 7.05. The van der Waals surface area contributed by atoms with E-state index in [9.17, 15) is 0 Å². The van der Waals surface area contributed by atoms with Gasteiger partial charge in [-0.05, 0) is 43.2 Å². The molecule has 0 aliphatic carbocycles. The summed E-state index contributed by atoms with van der Waals surface area (Å²) in [6.07, 6.45) is 1.93. The minimum absolute atomic E-state index is 0.479. The van der Waals surface area contributed by atoms with Crippen LogP contribution in [0.3, 0.4) is 0 Å². The van der Waals surface area contributed by atoms with Crippen LogP contribution in [0.1, 0.15) is 24.1 Å². The van der Waals surface area contributed by atoms with Crippen LogP contribution in [0.4, 0.5) is 0 Å². The van der Waals surface area contributed by atoms with Gasteiger partial charge in [0.15, 0.2) is 0 Å². The third kappa shape index (κ3) is 2.62. The summed E-state index contributed by atoms with van der Waals surface area (Å²) < 4.78 is 0. The summed E-state index contributed by atoms with van der Waals surface area (Å²) >= 11 is 0. The molecule has 1 N–H and O–H groups in total. The lowest BCUT2D eigenvalue weighted by molar-refractivity contribution is 0.185. The predicted octanol–water partition coefficient (Wildman–Crippen LogP) is 2.51. The summed E-state index contributed by atoms with van der Waals surface area (Å²) in [7, 11) is 0. The fraction of sp³-hybridized carbons (Fsp3) is 0.438. The highest BCUT2D eigenvalue weighted by atomic mass is 15.2. The van der Waals surface area contributed by atoms with Gasteiger partial charge in [-0.2, -0.15) is 0 Å². The Morgan fingerprint density at radius 2 is 2.00 bits per heavy atom. The highest BCUT2D eigenvalue weighted by Crippen LogP contribution is 2.24. The molecule has 1 aliphatic heterocycles. The number of rotatable bonds is 2. The first-order valence-corrected chi connectivity index (χ1v) is 7.05. The molecule has 0 saturated carbocycles. The number of hydrogen-bond acceptors (Lipinski definition) is 3. The number of hydrogen-bond donors (Lipinski definition) is 1. The van der Waals surface area contributed by atoms with Crippen molar-refractivity contribution < 1.29 is 0 Å². The molecule has 100 valence electrons. The Hall–Kier alpha value is -1.45. The SMILES string of the molecule is Cc1cnc2ccc(C(C)N3CCNCC3)cc2c1. The first kappa shape index (κ1) is 12.6. The van der Waals surface area contributed by atoms with Gasteiger partial charge in [0.2, 0.25) is 0 Å². The summed E-state index contributed by atoms with van der Waals surface area (Å²) in [5, 5.41) is 4.66. The van der Waals surface area contributed by atoms with Crippen molar-refractivity contribution in [3.63, 3.8) is 0 Å². The van der Waals surface area contributed by atoms with Crippen LogP contribution in [0, 0.1) is 6.92 Å². The smallest absolute Gasteiger partial charge is 0.0702 e. The fourth-order valence-electron chi connectivity index (χ4n) is 2.80. The minimum atomic E-state index is 0.479. The molecular weight excluding hydrogens is 234 g/mol. The van der Waals surface area contributed by atoms with Gasteiger partial charge in [-0.3, -0.25) is 9.88 Å². The molecule has 1 atom stereocenters. The molecule has 2 aromatic rings. The average Bonchev–Trinajstić information content (AvgIpc) is 2.46. The number of aromatic nitrogens is 1. The van der Waals surface area contributed by atoms with Crippen LogP contribution in [0.25, 0.3) is 10.9 Å². The van der Waals surface area contributed by atoms with E-state index in [1.54, 1.807) is 0 Å². The van der Waals surface area contributed by atoms with E-state index in [0.717, 1.165) is 31.7 Å². The molecule has 0 bridgehead atoms. The second-order valence-corrected chi connectivity index (χ2v) is 5.43. The monoisotopic (exact) mass is 255 g/mol. The quantitative estimate of drug-likeness (QED) is 0.893. The standard InChI is InChI=1S/C16H21N3/c1-12-9-15-10-14(3-4-16(15)18-11-12)13(2)19-7-5-17-6-8-19/h3-4,9-11,13,17H,5-8H2,1-2H3. The summed E-state index contributed by atoms with van der Waals surface area (Å²) in [6.45, 7) is 8.85. The normalized spacial score (nSPS) is 18.6. The van der Waals surface area contributed by atoms with Crippen LogP contribution in [-0.2, 0) is 0 Å². The van der Waals surface area contributed by atoms with Gasteiger partial charge >= 0.3 is 0 Å². The molecular formula is C16H21N3. The number of fused-ring (bicyclic) bond motifs is 1. The third-order valence-electron chi connectivity index (χ3n) is 4.02. The molecule has 3 rings (SSSR count). The van der Waals surface area contributed by atoms with Crippen molar-refractivity contribution in [3.8, 4) is 0 Å². The Bertz CT molecular complexity index is 573. The van der Waals surface area contributed by atoms with Gasteiger partial charge in [-0.1, -0.05) is 6.07 Å². The predicted molar refractivity (Wildman–Crippen MR) is 79.3 cm³/mol. The molecule has 3 heteroatoms. The van der Waals surface area contributed by atoms with Crippen LogP contribution in [-0.4, -0.2) is 36.1 Å². The topological polar surface area (TPSA) is 28.2 Å². The van der Waals surface area contributed by atoms with E-state index < -0.39 is 0 Å². The lowest BCUT2D eigenvalue weighted by Crippen LogP contribution is -2.44. The van der Waals surface area contributed by atoms with Crippen LogP contribution >= 0.6 is 0 Å². The van der Waals surface area contributed by atoms with Crippen LogP contribution < -0.4 is 5.32 Å². The highest BCUT2D eigenvalue weighted by Gasteiger charge is 2.17. The summed E-state index contributed by atoms with van der Waals surface area (Å²) in [5.74, 6) is 0. The van der Waals surface area contributed by atoms with Crippen LogP contribution in [0.5, 0.6) is 0 Å². The van der Waals surface area contributed by atoms with E-state index in [1.807, 2.05) is 6.20 Å². The van der Waals surface area contributed by atoms with Gasteiger partial charge < -0.3 is 5.32 Å². The first-order chi connectivity index (χ1) is 9.24. The highest BCUT2D eigenvalue weighted by molar-refractivity contribution is 5.79. The van der Waals surface area contributed by atoms with Gasteiger partial charge in [-0.25, -0.2) is 0 Å². The van der Waals surface area contributed by atoms with Crippen molar-refractivity contribution >= 4 is 10.9 Å². The molecule has 1 fully saturated rings. The minimum Gasteiger partial charge on any atom is -0.314 e. The molecule has 1 aromatic heterocycles. The van der Waals surface area contributed by atoms with Crippen molar-refractivity contribution in [3.05, 3.63) is 41.6 Å². The van der Waals surface area contributed by atoms with E-state index in [-0.39, 0.29) is 0 Å². The Morgan fingerprint density at radius 3 is 2.79 bits per heavy atom. The van der Waals surface area contributed by atoms with Crippen molar-refractivity contribution in [2.45, 2.75) is 19.9 Å². The zero-order valence-electron chi connectivity index (χ0n) is 11.7. The molecule has 0 radical (unpaired) electrons. The largest absolute Gasteiger partial charge is 0.314 e. The molecule has 2 heterocycles. The molecule has 1 saturated heterocycles. The Balaban J connectivity index is 1.91. The van der Waals surface area contributed by atoms with Gasteiger partial charge in [0.25, 0.3) is 0 Å². The second-order valence-electron chi connectivity index (χ2n) is 5.43. The van der Waals surface area contributed by atoms with Crippen molar-refractivity contribution in [2.75, 3.05) is 26.2 Å². The maximum absolute atomic E-state index is 4.47. The van der Waals surface area contributed by atoms with Gasteiger partial charge in [0.05, 0.1) is 5.52 Å². The third-order valence-corrected chi connectivity index (χ3v) is 4.02. The summed E-state index contributed by atoms with van der Waals surface area (Å²) in [6, 6.07) is 9.35. The molecule has 1 aromatic carbocycles. The van der Waals surface area contributed by atoms with Crippen molar-refractivity contribution in [1.29, 1.82) is 0 Å². The van der Waals surface area contributed by atoms with Gasteiger partial charge in [-0.15, -0.1) is 0 Å². The van der Waals surface area contributed by atoms with Crippen LogP contribution in [0.15, 0.2) is 30.5 Å². The van der Waals surface area contributed by atoms with E-state index in [4.69, 9.17) is 0 Å². The molecule has 1 unspecified atom stereocenters. The number of nitrogens with zero attached hydrogens (tertiary/aromatic N) is 2. The summed E-state index contributed by atoms with van der Waals surface area (Å²) in [5.41, 5.74) is 3.70. The Morgan fingerprint density at radius 1 is 1.21 bits per heavy atom. The van der Waals surface area contributed by atoms with Crippen LogP contribution in [0.2, 0.25) is 0 Å². The van der Waals surface area contributed by atoms with E-state index >= 15 is 0 Å². The van der Waals surface area contributed by atoms with Crippen molar-refractivity contribution in [1.82, 2.24) is 15.2 Å². The van der Waals surface area contributed by atoms with Crippen molar-refractivity contribution in [2.24, 2.45) is 0 Å². The molecule has 3 nitrogen and oxygen atoms in total. The molecule has 19 heavy (non-hydrogen) atoms. The molecule has 1 aliphatic rings. The Kier molecular flexibility index (Phi) is 3.49. The zero-order chi connectivity index (χ0) is 13.2. The number of benzene rings is 1. The van der Waals surface area contributed by atoms with E-state index in [2.05, 4.69) is 53.3 Å². The number of aryl methyl sites for hydroxylation is 1. The summed E-state index contributed by atoms with van der Waals surface area (Å²) in [4.78, 5) is 7.01. The second kappa shape index (κ2) is 5.27. The number of nitrogens with one attached hydrogen (secondary N) is 1. The van der Waals surface area contributed by atoms with Gasteiger partial charge in [0, 0.05) is 43.8 Å². The fourth-order valence-corrected chi connectivity index (χ4v) is 2.80. The lowest BCUT2D eigenvalue weighted by Gasteiger charge is -2.33. The number of piperazine rings is 1.